The highest BCUT2D eigenvalue weighted by molar-refractivity contribution is 5.45. The third kappa shape index (κ3) is 3.52. The molecule has 0 bridgehead atoms. The zero-order valence-electron chi connectivity index (χ0n) is 10.7. The fourth-order valence-electron chi connectivity index (χ4n) is 1.90. The summed E-state index contributed by atoms with van der Waals surface area (Å²) >= 11 is 0. The molecule has 2 N–H and O–H groups in total. The summed E-state index contributed by atoms with van der Waals surface area (Å²) in [5, 5.41) is 12.6. The van der Waals surface area contributed by atoms with E-state index in [0.29, 0.717) is 5.75 Å². The van der Waals surface area contributed by atoms with Crippen molar-refractivity contribution in [2.45, 2.75) is 26.3 Å². The molecule has 0 fully saturated rings. The summed E-state index contributed by atoms with van der Waals surface area (Å²) in [7, 11) is 0. The number of anilines is 1. The molecular formula is C16H19NO. The van der Waals surface area contributed by atoms with Gasteiger partial charge in [-0.3, -0.25) is 0 Å². The molecule has 2 rings (SSSR count). The van der Waals surface area contributed by atoms with Gasteiger partial charge in [-0.25, -0.2) is 0 Å². The van der Waals surface area contributed by atoms with Gasteiger partial charge in [0.25, 0.3) is 0 Å². The van der Waals surface area contributed by atoms with Crippen LogP contribution in [0.5, 0.6) is 5.75 Å². The fraction of sp³-hybridized carbons (Fsp3) is 0.250. The van der Waals surface area contributed by atoms with E-state index in [0.717, 1.165) is 24.2 Å². The Morgan fingerprint density at radius 3 is 2.11 bits per heavy atom. The van der Waals surface area contributed by atoms with Gasteiger partial charge in [0.05, 0.1) is 0 Å². The monoisotopic (exact) mass is 241 g/mol. The molecule has 2 aromatic carbocycles. The van der Waals surface area contributed by atoms with Crippen LogP contribution in [-0.2, 0) is 13.0 Å². The minimum atomic E-state index is 0.308. The van der Waals surface area contributed by atoms with Crippen molar-refractivity contribution in [3.63, 3.8) is 0 Å². The zero-order valence-corrected chi connectivity index (χ0v) is 10.7. The second-order valence-electron chi connectivity index (χ2n) is 4.47. The van der Waals surface area contributed by atoms with Crippen molar-refractivity contribution >= 4 is 5.69 Å². The van der Waals surface area contributed by atoms with Gasteiger partial charge in [-0.2, -0.15) is 0 Å². The molecule has 94 valence electrons. The van der Waals surface area contributed by atoms with E-state index in [4.69, 9.17) is 0 Å². The van der Waals surface area contributed by atoms with Gasteiger partial charge in [-0.05, 0) is 41.8 Å². The maximum Gasteiger partial charge on any atom is 0.115 e. The molecule has 2 nitrogen and oxygen atoms in total. The number of nitrogens with one attached hydrogen (secondary N) is 1. The highest BCUT2D eigenvalue weighted by Crippen LogP contribution is 2.14. The summed E-state index contributed by atoms with van der Waals surface area (Å²) in [4.78, 5) is 0. The fourth-order valence-corrected chi connectivity index (χ4v) is 1.90. The van der Waals surface area contributed by atoms with Crippen molar-refractivity contribution < 1.29 is 5.11 Å². The van der Waals surface area contributed by atoms with Crippen molar-refractivity contribution in [1.29, 1.82) is 0 Å². The number of aryl methyl sites for hydroxylation is 1. The smallest absolute Gasteiger partial charge is 0.115 e. The van der Waals surface area contributed by atoms with Gasteiger partial charge in [0, 0.05) is 12.2 Å². The topological polar surface area (TPSA) is 32.3 Å². The number of hydrogen-bond donors (Lipinski definition) is 2. The molecule has 0 heterocycles. The second kappa shape index (κ2) is 6.10. The molecule has 2 aromatic rings. The number of phenolic OH excluding ortho intramolecular Hbond substituents is 1. The molecule has 0 saturated heterocycles. The minimum Gasteiger partial charge on any atom is -0.508 e. The molecule has 0 unspecified atom stereocenters. The molecule has 0 saturated carbocycles. The van der Waals surface area contributed by atoms with Crippen molar-refractivity contribution in [1.82, 2.24) is 0 Å². The normalized spacial score (nSPS) is 10.3. The maximum atomic E-state index is 9.20. The van der Waals surface area contributed by atoms with E-state index in [1.165, 1.54) is 12.0 Å². The lowest BCUT2D eigenvalue weighted by Crippen LogP contribution is -1.99. The number of aromatic hydroxyl groups is 1. The van der Waals surface area contributed by atoms with Gasteiger partial charge in [-0.15, -0.1) is 0 Å². The van der Waals surface area contributed by atoms with Crippen molar-refractivity contribution in [3.8, 4) is 5.75 Å². The Hall–Kier alpha value is -1.96. The molecule has 2 heteroatoms. The van der Waals surface area contributed by atoms with Crippen LogP contribution in [0.25, 0.3) is 0 Å². The van der Waals surface area contributed by atoms with Crippen LogP contribution in [-0.4, -0.2) is 5.11 Å². The third-order valence-corrected chi connectivity index (χ3v) is 2.93. The summed E-state index contributed by atoms with van der Waals surface area (Å²) in [5.74, 6) is 0.308. The van der Waals surface area contributed by atoms with Crippen molar-refractivity contribution in [2.75, 3.05) is 5.32 Å². The highest BCUT2D eigenvalue weighted by atomic mass is 16.3. The SMILES string of the molecule is CCCc1ccc(NCc2ccc(O)cc2)cc1. The summed E-state index contributed by atoms with van der Waals surface area (Å²) < 4.78 is 0. The Morgan fingerprint density at radius 2 is 1.50 bits per heavy atom. The first kappa shape index (κ1) is 12.5. The summed E-state index contributed by atoms with van der Waals surface area (Å²) in [6.45, 7) is 2.96. The first-order chi connectivity index (χ1) is 8.78. The quantitative estimate of drug-likeness (QED) is 0.830. The van der Waals surface area contributed by atoms with E-state index in [1.54, 1.807) is 12.1 Å². The van der Waals surface area contributed by atoms with Crippen LogP contribution in [0.2, 0.25) is 0 Å². The number of rotatable bonds is 5. The van der Waals surface area contributed by atoms with Gasteiger partial charge >= 0.3 is 0 Å². The maximum absolute atomic E-state index is 9.20. The predicted molar refractivity (Wildman–Crippen MR) is 75.9 cm³/mol. The molecule has 0 aromatic heterocycles. The van der Waals surface area contributed by atoms with Crippen LogP contribution in [0, 0.1) is 0 Å². The second-order valence-corrected chi connectivity index (χ2v) is 4.47. The van der Waals surface area contributed by atoms with Crippen LogP contribution >= 0.6 is 0 Å². The largest absolute Gasteiger partial charge is 0.508 e. The highest BCUT2D eigenvalue weighted by Gasteiger charge is 1.96. The molecule has 0 radical (unpaired) electrons. The summed E-state index contributed by atoms with van der Waals surface area (Å²) in [6, 6.07) is 15.8. The average Bonchev–Trinajstić information content (AvgIpc) is 2.40. The van der Waals surface area contributed by atoms with E-state index in [9.17, 15) is 5.11 Å². The van der Waals surface area contributed by atoms with Crippen molar-refractivity contribution in [3.05, 3.63) is 59.7 Å². The minimum absolute atomic E-state index is 0.308. The zero-order chi connectivity index (χ0) is 12.8. The molecule has 18 heavy (non-hydrogen) atoms. The lowest BCUT2D eigenvalue weighted by Gasteiger charge is -2.07. The van der Waals surface area contributed by atoms with Gasteiger partial charge in [0.2, 0.25) is 0 Å². The third-order valence-electron chi connectivity index (χ3n) is 2.93. The Balaban J connectivity index is 1.91. The van der Waals surface area contributed by atoms with E-state index in [-0.39, 0.29) is 0 Å². The molecule has 0 amide bonds. The van der Waals surface area contributed by atoms with Gasteiger partial charge in [0.15, 0.2) is 0 Å². The number of phenols is 1. The Morgan fingerprint density at radius 1 is 0.889 bits per heavy atom. The van der Waals surface area contributed by atoms with Crippen molar-refractivity contribution in [2.24, 2.45) is 0 Å². The molecule has 0 aliphatic heterocycles. The number of hydrogen-bond acceptors (Lipinski definition) is 2. The lowest BCUT2D eigenvalue weighted by molar-refractivity contribution is 0.475. The van der Waals surface area contributed by atoms with Gasteiger partial charge in [-0.1, -0.05) is 37.6 Å². The molecule has 0 aliphatic carbocycles. The van der Waals surface area contributed by atoms with E-state index in [2.05, 4.69) is 36.5 Å². The van der Waals surface area contributed by atoms with E-state index >= 15 is 0 Å². The standard InChI is InChI=1S/C16H19NO/c1-2-3-13-4-8-15(9-5-13)17-12-14-6-10-16(18)11-7-14/h4-11,17-18H,2-3,12H2,1H3. The Labute approximate surface area is 108 Å². The molecule has 0 spiro atoms. The molecule has 0 aliphatic rings. The van der Waals surface area contributed by atoms with E-state index in [1.807, 2.05) is 12.1 Å². The van der Waals surface area contributed by atoms with Crippen LogP contribution in [0.4, 0.5) is 5.69 Å². The van der Waals surface area contributed by atoms with E-state index < -0.39 is 0 Å². The summed E-state index contributed by atoms with van der Waals surface area (Å²) in [5.41, 5.74) is 3.67. The van der Waals surface area contributed by atoms with Crippen LogP contribution in [0.3, 0.4) is 0 Å². The van der Waals surface area contributed by atoms with Gasteiger partial charge < -0.3 is 10.4 Å². The lowest BCUT2D eigenvalue weighted by atomic mass is 10.1. The molecular weight excluding hydrogens is 222 g/mol. The van der Waals surface area contributed by atoms with Crippen LogP contribution < -0.4 is 5.32 Å². The first-order valence-corrected chi connectivity index (χ1v) is 6.38. The average molecular weight is 241 g/mol. The van der Waals surface area contributed by atoms with Crippen LogP contribution in [0.1, 0.15) is 24.5 Å². The van der Waals surface area contributed by atoms with Crippen LogP contribution in [0.15, 0.2) is 48.5 Å². The predicted octanol–water partition coefficient (Wildman–Crippen LogP) is 3.96. The number of benzene rings is 2. The Kier molecular flexibility index (Phi) is 4.24. The first-order valence-electron chi connectivity index (χ1n) is 6.38. The van der Waals surface area contributed by atoms with Gasteiger partial charge in [0.1, 0.15) is 5.75 Å². The molecule has 0 atom stereocenters. The summed E-state index contributed by atoms with van der Waals surface area (Å²) in [6.07, 6.45) is 2.32. The Bertz CT molecular complexity index is 473.